The van der Waals surface area contributed by atoms with Gasteiger partial charge in [-0.15, -0.1) is 0 Å². The second-order valence-corrected chi connectivity index (χ2v) is 10.0. The zero-order valence-corrected chi connectivity index (χ0v) is 20.1. The number of piperazine rings is 1. The number of hydrogen-bond acceptors (Lipinski definition) is 7. The van der Waals surface area contributed by atoms with E-state index in [2.05, 4.69) is 34.1 Å². The van der Waals surface area contributed by atoms with E-state index in [4.69, 9.17) is 9.47 Å². The van der Waals surface area contributed by atoms with Gasteiger partial charge in [0.1, 0.15) is 11.5 Å². The number of Topliss-reactive ketones (excluding diaryl/α,β-unsaturated/α-hetero) is 1. The molecule has 178 valence electrons. The zero-order chi connectivity index (χ0) is 23.3. The highest BCUT2D eigenvalue weighted by molar-refractivity contribution is 7.20. The van der Waals surface area contributed by atoms with Crippen molar-refractivity contribution in [3.05, 3.63) is 53.6 Å². The van der Waals surface area contributed by atoms with Gasteiger partial charge in [0, 0.05) is 60.9 Å². The summed E-state index contributed by atoms with van der Waals surface area (Å²) in [4.78, 5) is 27.3. The van der Waals surface area contributed by atoms with E-state index in [0.29, 0.717) is 36.8 Å². The number of carbonyl (C=O) groups is 2. The lowest BCUT2D eigenvalue weighted by Crippen LogP contribution is -2.46. The molecule has 1 aliphatic carbocycles. The number of rotatable bonds is 9. The molecule has 0 spiro atoms. The molecule has 1 aliphatic heterocycles. The van der Waals surface area contributed by atoms with E-state index < -0.39 is 0 Å². The van der Waals surface area contributed by atoms with Gasteiger partial charge in [0.2, 0.25) is 0 Å². The topological polar surface area (TPSA) is 59.1 Å². The molecular weight excluding hydrogens is 448 g/mol. The van der Waals surface area contributed by atoms with Crippen LogP contribution in [0.5, 0.6) is 10.8 Å². The Balaban J connectivity index is 1.05. The number of thiophene rings is 1. The third-order valence-corrected chi connectivity index (χ3v) is 7.76. The maximum absolute atomic E-state index is 11.7. The van der Waals surface area contributed by atoms with Crippen LogP contribution in [0.2, 0.25) is 0 Å². The summed E-state index contributed by atoms with van der Waals surface area (Å²) < 4.78 is 12.2. The van der Waals surface area contributed by atoms with Gasteiger partial charge in [-0.1, -0.05) is 23.5 Å². The quantitative estimate of drug-likeness (QED) is 0.334. The second-order valence-electron chi connectivity index (χ2n) is 9.00. The van der Waals surface area contributed by atoms with E-state index in [9.17, 15) is 9.59 Å². The molecule has 6 nitrogen and oxygen atoms in total. The van der Waals surface area contributed by atoms with Crippen molar-refractivity contribution in [3.8, 4) is 10.8 Å². The molecule has 5 rings (SSSR count). The average Bonchev–Trinajstić information content (AvgIpc) is 3.27. The number of hydrogen-bond donors (Lipinski definition) is 0. The van der Waals surface area contributed by atoms with E-state index in [1.165, 1.54) is 22.6 Å². The maximum atomic E-state index is 11.7. The second kappa shape index (κ2) is 10.6. The van der Waals surface area contributed by atoms with Crippen molar-refractivity contribution in [3.63, 3.8) is 0 Å². The predicted octanol–water partition coefficient (Wildman–Crippen LogP) is 4.48. The van der Waals surface area contributed by atoms with Crippen molar-refractivity contribution in [2.75, 3.05) is 44.2 Å². The van der Waals surface area contributed by atoms with E-state index in [-0.39, 0.29) is 0 Å². The summed E-state index contributed by atoms with van der Waals surface area (Å²) in [6.45, 7) is 6.33. The van der Waals surface area contributed by atoms with Crippen molar-refractivity contribution < 1.29 is 19.1 Å². The fraction of sp³-hybridized carbons (Fsp3) is 0.407. The molecule has 1 saturated heterocycles. The summed E-state index contributed by atoms with van der Waals surface area (Å²) in [5, 5.41) is 1.80. The fourth-order valence-electron chi connectivity index (χ4n) is 4.92. The molecule has 2 aromatic carbocycles. The van der Waals surface area contributed by atoms with Crippen LogP contribution in [0.4, 0.5) is 5.69 Å². The van der Waals surface area contributed by atoms with E-state index in [1.807, 2.05) is 18.2 Å². The molecule has 0 bridgehead atoms. The molecule has 3 aromatic rings. The summed E-state index contributed by atoms with van der Waals surface area (Å²) in [5.41, 5.74) is 3.64. The summed E-state index contributed by atoms with van der Waals surface area (Å²) in [5.74, 6) is 1.21. The number of fused-ring (bicyclic) bond motifs is 2. The minimum absolute atomic E-state index is 0.327. The molecule has 0 radical (unpaired) electrons. The van der Waals surface area contributed by atoms with Gasteiger partial charge in [0.25, 0.3) is 6.47 Å². The molecule has 7 heteroatoms. The molecule has 1 aromatic heterocycles. The Morgan fingerprint density at radius 1 is 0.971 bits per heavy atom. The first kappa shape index (κ1) is 22.9. The number of ether oxygens (including phenoxy) is 2. The summed E-state index contributed by atoms with van der Waals surface area (Å²) in [6, 6.07) is 14.5. The highest BCUT2D eigenvalue weighted by Crippen LogP contribution is 2.37. The molecule has 34 heavy (non-hydrogen) atoms. The van der Waals surface area contributed by atoms with Crippen LogP contribution >= 0.6 is 11.3 Å². The van der Waals surface area contributed by atoms with E-state index in [1.54, 1.807) is 0 Å². The van der Waals surface area contributed by atoms with Gasteiger partial charge >= 0.3 is 0 Å². The molecular formula is C27H30N2O4S. The number of aryl methyl sites for hydroxylation is 1. The molecule has 0 atom stereocenters. The number of unbranched alkanes of at least 4 members (excludes halogenated alkanes) is 1. The summed E-state index contributed by atoms with van der Waals surface area (Å²) in [7, 11) is 0. The van der Waals surface area contributed by atoms with Gasteiger partial charge in [0.15, 0.2) is 5.06 Å². The normalized spacial score (nSPS) is 16.5. The minimum atomic E-state index is 0.327. The van der Waals surface area contributed by atoms with Gasteiger partial charge < -0.3 is 14.4 Å². The van der Waals surface area contributed by atoms with Crippen LogP contribution < -0.4 is 14.4 Å². The first-order valence-corrected chi connectivity index (χ1v) is 12.9. The van der Waals surface area contributed by atoms with Crippen molar-refractivity contribution >= 4 is 39.4 Å². The molecule has 0 N–H and O–H groups in total. The van der Waals surface area contributed by atoms with Crippen LogP contribution in [-0.2, 0) is 22.4 Å². The molecule has 0 amide bonds. The highest BCUT2D eigenvalue weighted by atomic mass is 32.1. The van der Waals surface area contributed by atoms with Crippen molar-refractivity contribution in [1.29, 1.82) is 0 Å². The lowest BCUT2D eigenvalue weighted by Gasteiger charge is -2.36. The Morgan fingerprint density at radius 2 is 1.85 bits per heavy atom. The first-order chi connectivity index (χ1) is 16.7. The maximum Gasteiger partial charge on any atom is 0.299 e. The van der Waals surface area contributed by atoms with Gasteiger partial charge in [0.05, 0.1) is 6.61 Å². The Labute approximate surface area is 204 Å². The fourth-order valence-corrected chi connectivity index (χ4v) is 5.82. The van der Waals surface area contributed by atoms with Crippen molar-refractivity contribution in [2.45, 2.75) is 32.1 Å². The number of nitrogens with zero attached hydrogens (tertiary/aromatic N) is 2. The predicted molar refractivity (Wildman–Crippen MR) is 135 cm³/mol. The Hall–Kier alpha value is -2.90. The van der Waals surface area contributed by atoms with Crippen molar-refractivity contribution in [2.24, 2.45) is 0 Å². The Kier molecular flexibility index (Phi) is 7.11. The molecule has 2 aliphatic rings. The van der Waals surface area contributed by atoms with Crippen LogP contribution in [0.15, 0.2) is 42.5 Å². The Bertz CT molecular complexity index is 1170. The standard InChI is InChI=1S/C27H30N2O4S/c30-19-33-27-18-24-25(4-3-5-26(24)34-27)29-13-11-28(12-14-29)10-1-2-15-32-23-9-7-20-6-8-22(31)16-21(20)17-23/h3-5,7,9,17-19H,1-2,6,8,10-16H2. The molecule has 0 saturated carbocycles. The number of ketones is 1. The number of benzene rings is 2. The van der Waals surface area contributed by atoms with Gasteiger partial charge in [-0.05, 0) is 61.2 Å². The first-order valence-electron chi connectivity index (χ1n) is 12.1. The Morgan fingerprint density at radius 3 is 2.71 bits per heavy atom. The summed E-state index contributed by atoms with van der Waals surface area (Å²) >= 11 is 1.50. The zero-order valence-electron chi connectivity index (χ0n) is 19.3. The van der Waals surface area contributed by atoms with Crippen LogP contribution in [0.3, 0.4) is 0 Å². The number of carbonyl (C=O) groups excluding carboxylic acids is 2. The van der Waals surface area contributed by atoms with Crippen molar-refractivity contribution in [1.82, 2.24) is 4.90 Å². The highest BCUT2D eigenvalue weighted by Gasteiger charge is 2.20. The van der Waals surface area contributed by atoms with Crippen LogP contribution in [0.25, 0.3) is 10.1 Å². The monoisotopic (exact) mass is 478 g/mol. The van der Waals surface area contributed by atoms with Crippen LogP contribution in [0.1, 0.15) is 30.4 Å². The van der Waals surface area contributed by atoms with Gasteiger partial charge in [-0.3, -0.25) is 14.5 Å². The van der Waals surface area contributed by atoms with E-state index >= 15 is 0 Å². The third kappa shape index (κ3) is 5.26. The summed E-state index contributed by atoms with van der Waals surface area (Å²) in [6.07, 6.45) is 4.20. The van der Waals surface area contributed by atoms with Crippen LogP contribution in [0, 0.1) is 0 Å². The van der Waals surface area contributed by atoms with Gasteiger partial charge in [-0.25, -0.2) is 0 Å². The number of anilines is 1. The lowest BCUT2D eigenvalue weighted by molar-refractivity contribution is -0.120. The SMILES string of the molecule is O=COc1cc2c(N3CCN(CCCCOc4ccc5c(c4)CC(=O)CC5)CC3)cccc2s1. The van der Waals surface area contributed by atoms with Crippen LogP contribution in [-0.4, -0.2) is 56.5 Å². The smallest absolute Gasteiger partial charge is 0.299 e. The van der Waals surface area contributed by atoms with Gasteiger partial charge in [-0.2, -0.15) is 0 Å². The average molecular weight is 479 g/mol. The molecule has 0 unspecified atom stereocenters. The minimum Gasteiger partial charge on any atom is -0.494 e. The molecule has 1 fully saturated rings. The molecule has 2 heterocycles. The largest absolute Gasteiger partial charge is 0.494 e. The lowest BCUT2D eigenvalue weighted by atomic mass is 9.91. The third-order valence-electron chi connectivity index (χ3n) is 6.77. The van der Waals surface area contributed by atoms with E-state index in [0.717, 1.165) is 73.4 Å².